The third kappa shape index (κ3) is 6.37. The lowest BCUT2D eigenvalue weighted by atomic mass is 10.1. The smallest absolute Gasteiger partial charge is 0.244 e. The van der Waals surface area contributed by atoms with Gasteiger partial charge in [0.05, 0.1) is 17.0 Å². The Morgan fingerprint density at radius 1 is 1.12 bits per heavy atom. The monoisotopic (exact) mass is 499 g/mol. The van der Waals surface area contributed by atoms with Crippen molar-refractivity contribution in [3.63, 3.8) is 0 Å². The molecule has 10 heteroatoms. The summed E-state index contributed by atoms with van der Waals surface area (Å²) in [6.07, 6.45) is 1.35. The van der Waals surface area contributed by atoms with Crippen molar-refractivity contribution in [2.24, 2.45) is 0 Å². The minimum absolute atomic E-state index is 0.0968. The minimum Gasteiger partial charge on any atom is -0.357 e. The van der Waals surface area contributed by atoms with Gasteiger partial charge in [-0.1, -0.05) is 54.4 Å². The quantitative estimate of drug-likeness (QED) is 0.570. The fraction of sp³-hybridized carbons (Fsp3) is 0.364. The number of carbonyl (C=O) groups excluding carboxylic acids is 2. The second kappa shape index (κ2) is 11.0. The highest BCUT2D eigenvalue weighted by Crippen LogP contribution is 2.30. The molecule has 0 unspecified atom stereocenters. The van der Waals surface area contributed by atoms with Crippen LogP contribution in [-0.2, 0) is 26.2 Å². The van der Waals surface area contributed by atoms with Crippen molar-refractivity contribution in [3.05, 3.63) is 63.6 Å². The molecule has 174 valence electrons. The average Bonchev–Trinajstić information content (AvgIpc) is 2.72. The van der Waals surface area contributed by atoms with Gasteiger partial charge in [0.15, 0.2) is 0 Å². The number of nitrogens with one attached hydrogen (secondary N) is 1. The number of sulfonamides is 1. The van der Waals surface area contributed by atoms with E-state index in [0.717, 1.165) is 21.7 Å². The molecule has 7 nitrogen and oxygen atoms in total. The number of benzene rings is 2. The molecule has 2 aromatic rings. The highest BCUT2D eigenvalue weighted by atomic mass is 35.5. The Kier molecular flexibility index (Phi) is 8.95. The number of halogens is 2. The van der Waals surface area contributed by atoms with Crippen molar-refractivity contribution in [2.75, 3.05) is 24.2 Å². The molecule has 2 rings (SSSR count). The second-order valence-electron chi connectivity index (χ2n) is 7.35. The van der Waals surface area contributed by atoms with Crippen molar-refractivity contribution in [1.29, 1.82) is 0 Å². The molecule has 0 aliphatic rings. The molecule has 0 spiro atoms. The van der Waals surface area contributed by atoms with Gasteiger partial charge < -0.3 is 10.2 Å². The van der Waals surface area contributed by atoms with Crippen LogP contribution in [0.5, 0.6) is 0 Å². The van der Waals surface area contributed by atoms with Crippen LogP contribution < -0.4 is 9.62 Å². The molecule has 0 fully saturated rings. The van der Waals surface area contributed by atoms with E-state index in [1.165, 1.54) is 30.1 Å². The topological polar surface area (TPSA) is 86.8 Å². The number of hydrogen-bond acceptors (Lipinski definition) is 4. The van der Waals surface area contributed by atoms with Gasteiger partial charge in [0.2, 0.25) is 21.8 Å². The van der Waals surface area contributed by atoms with Crippen LogP contribution >= 0.6 is 23.2 Å². The van der Waals surface area contributed by atoms with Gasteiger partial charge in [0.1, 0.15) is 12.6 Å². The van der Waals surface area contributed by atoms with Crippen LogP contribution in [0.1, 0.15) is 24.5 Å². The predicted molar refractivity (Wildman–Crippen MR) is 129 cm³/mol. The van der Waals surface area contributed by atoms with Gasteiger partial charge in [-0.3, -0.25) is 13.9 Å². The van der Waals surface area contributed by atoms with Crippen molar-refractivity contribution in [3.8, 4) is 0 Å². The van der Waals surface area contributed by atoms with Crippen molar-refractivity contribution >= 4 is 50.7 Å². The number of anilines is 1. The van der Waals surface area contributed by atoms with Crippen LogP contribution in [0.25, 0.3) is 0 Å². The fourth-order valence-corrected chi connectivity index (χ4v) is 4.76. The van der Waals surface area contributed by atoms with E-state index >= 15 is 0 Å². The predicted octanol–water partition coefficient (Wildman–Crippen LogP) is 3.62. The number of nitrogens with zero attached hydrogens (tertiary/aromatic N) is 2. The summed E-state index contributed by atoms with van der Waals surface area (Å²) in [5, 5.41) is 3.02. The van der Waals surface area contributed by atoms with E-state index < -0.39 is 28.5 Å². The normalized spacial score (nSPS) is 12.2. The fourth-order valence-electron chi connectivity index (χ4n) is 3.34. The van der Waals surface area contributed by atoms with E-state index in [0.29, 0.717) is 11.4 Å². The van der Waals surface area contributed by atoms with Crippen LogP contribution in [-0.4, -0.2) is 51.0 Å². The Hall–Kier alpha value is -2.29. The molecule has 0 radical (unpaired) electrons. The molecule has 0 heterocycles. The SMILES string of the molecule is CC[C@@H](C(=O)NC)N(Cc1ccccc1C)C(=O)CN(c1ccc(Cl)cc1Cl)S(C)(=O)=O. The summed E-state index contributed by atoms with van der Waals surface area (Å²) in [7, 11) is -2.37. The van der Waals surface area contributed by atoms with Gasteiger partial charge in [0.25, 0.3) is 0 Å². The van der Waals surface area contributed by atoms with Crippen LogP contribution in [0.15, 0.2) is 42.5 Å². The molecule has 0 aliphatic carbocycles. The summed E-state index contributed by atoms with van der Waals surface area (Å²) < 4.78 is 26.0. The number of rotatable bonds is 9. The molecule has 0 saturated carbocycles. The lowest BCUT2D eigenvalue weighted by Crippen LogP contribution is -2.51. The van der Waals surface area contributed by atoms with E-state index in [1.807, 2.05) is 31.2 Å². The summed E-state index contributed by atoms with van der Waals surface area (Å²) >= 11 is 12.2. The minimum atomic E-state index is -3.86. The maximum atomic E-state index is 13.5. The first kappa shape index (κ1) is 26.0. The maximum Gasteiger partial charge on any atom is 0.244 e. The van der Waals surface area contributed by atoms with Crippen molar-refractivity contribution < 1.29 is 18.0 Å². The van der Waals surface area contributed by atoms with E-state index in [2.05, 4.69) is 5.32 Å². The van der Waals surface area contributed by atoms with E-state index in [4.69, 9.17) is 23.2 Å². The van der Waals surface area contributed by atoms with Gasteiger partial charge in [-0.15, -0.1) is 0 Å². The molecule has 0 aliphatic heterocycles. The third-order valence-corrected chi connectivity index (χ3v) is 6.76. The number of hydrogen-bond donors (Lipinski definition) is 1. The zero-order valence-corrected chi connectivity index (χ0v) is 20.8. The first-order valence-electron chi connectivity index (χ1n) is 9.97. The maximum absolute atomic E-state index is 13.5. The molecule has 2 aromatic carbocycles. The van der Waals surface area contributed by atoms with E-state index in [9.17, 15) is 18.0 Å². The highest BCUT2D eigenvalue weighted by Gasteiger charge is 2.32. The molecule has 0 aromatic heterocycles. The molecule has 0 saturated heterocycles. The standard InChI is InChI=1S/C22H27Cl2N3O4S/c1-5-19(22(29)25-3)26(13-16-9-7-6-8-15(16)2)21(28)14-27(32(4,30)31)20-11-10-17(23)12-18(20)24/h6-12,19H,5,13-14H2,1-4H3,(H,25,29)/t19-/m0/s1. The molecular weight excluding hydrogens is 473 g/mol. The van der Waals surface area contributed by atoms with E-state index in [1.54, 1.807) is 6.92 Å². The Bertz CT molecular complexity index is 1090. The Morgan fingerprint density at radius 2 is 1.78 bits per heavy atom. The van der Waals surface area contributed by atoms with Gasteiger partial charge in [-0.25, -0.2) is 8.42 Å². The number of carbonyl (C=O) groups is 2. The number of amides is 2. The number of likely N-dealkylation sites (N-methyl/N-ethyl adjacent to an activating group) is 1. The van der Waals surface area contributed by atoms with Gasteiger partial charge in [-0.05, 0) is 42.7 Å². The Balaban J connectivity index is 2.48. The summed E-state index contributed by atoms with van der Waals surface area (Å²) in [6, 6.07) is 11.1. The lowest BCUT2D eigenvalue weighted by molar-refractivity contribution is -0.140. The van der Waals surface area contributed by atoms with Gasteiger partial charge >= 0.3 is 0 Å². The molecule has 1 N–H and O–H groups in total. The molecule has 1 atom stereocenters. The Morgan fingerprint density at radius 3 is 2.31 bits per heavy atom. The van der Waals surface area contributed by atoms with E-state index in [-0.39, 0.29) is 23.2 Å². The highest BCUT2D eigenvalue weighted by molar-refractivity contribution is 7.92. The average molecular weight is 500 g/mol. The van der Waals surface area contributed by atoms with Crippen LogP contribution in [0.3, 0.4) is 0 Å². The van der Waals surface area contributed by atoms with Crippen LogP contribution in [0, 0.1) is 6.92 Å². The molecule has 2 amide bonds. The Labute approximate surface area is 199 Å². The first-order valence-corrected chi connectivity index (χ1v) is 12.6. The largest absolute Gasteiger partial charge is 0.357 e. The summed E-state index contributed by atoms with van der Waals surface area (Å²) in [5.74, 6) is -0.856. The van der Waals surface area contributed by atoms with Gasteiger partial charge in [0, 0.05) is 18.6 Å². The zero-order chi connectivity index (χ0) is 24.1. The third-order valence-electron chi connectivity index (χ3n) is 5.09. The van der Waals surface area contributed by atoms with Crippen molar-refractivity contribution in [2.45, 2.75) is 32.9 Å². The van der Waals surface area contributed by atoms with Gasteiger partial charge in [-0.2, -0.15) is 0 Å². The zero-order valence-electron chi connectivity index (χ0n) is 18.4. The lowest BCUT2D eigenvalue weighted by Gasteiger charge is -2.33. The first-order chi connectivity index (χ1) is 15.0. The second-order valence-corrected chi connectivity index (χ2v) is 10.1. The van der Waals surface area contributed by atoms with Crippen LogP contribution in [0.2, 0.25) is 10.0 Å². The summed E-state index contributed by atoms with van der Waals surface area (Å²) in [6.45, 7) is 3.35. The van der Waals surface area contributed by atoms with Crippen LogP contribution in [0.4, 0.5) is 5.69 Å². The number of aryl methyl sites for hydroxylation is 1. The molecule has 0 bridgehead atoms. The summed E-state index contributed by atoms with van der Waals surface area (Å²) in [5.41, 5.74) is 1.95. The molecule has 32 heavy (non-hydrogen) atoms. The van der Waals surface area contributed by atoms with Crippen molar-refractivity contribution in [1.82, 2.24) is 10.2 Å². The molecular formula is C22H27Cl2N3O4S. The summed E-state index contributed by atoms with van der Waals surface area (Å²) in [4.78, 5) is 27.4.